The summed E-state index contributed by atoms with van der Waals surface area (Å²) in [4.78, 5) is 28.0. The molecule has 0 unspecified atom stereocenters. The Morgan fingerprint density at radius 3 is 2.36 bits per heavy atom. The minimum Gasteiger partial charge on any atom is -0.337 e. The molecule has 5 nitrogen and oxygen atoms in total. The van der Waals surface area contributed by atoms with Crippen molar-refractivity contribution in [2.75, 3.05) is 38.0 Å². The van der Waals surface area contributed by atoms with E-state index in [0.717, 1.165) is 5.56 Å². The molecule has 146 valence electrons. The number of carbonyl (C=O) groups is 2. The number of anilines is 1. The lowest BCUT2D eigenvalue weighted by molar-refractivity contribution is -0.127. The number of nitrogens with zero attached hydrogens (tertiary/aromatic N) is 2. The van der Waals surface area contributed by atoms with Crippen LogP contribution < -0.4 is 5.32 Å². The summed E-state index contributed by atoms with van der Waals surface area (Å²) >= 11 is 0. The third kappa shape index (κ3) is 5.72. The summed E-state index contributed by atoms with van der Waals surface area (Å²) in [5, 5.41) is 2.67. The molecule has 0 spiro atoms. The molecule has 1 fully saturated rings. The summed E-state index contributed by atoms with van der Waals surface area (Å²) in [5.74, 6) is -1.06. The first-order valence-electron chi connectivity index (χ1n) is 9.00. The molecule has 0 radical (unpaired) electrons. The van der Waals surface area contributed by atoms with Crippen LogP contribution in [0.5, 0.6) is 0 Å². The molecule has 1 aliphatic heterocycles. The van der Waals surface area contributed by atoms with Crippen molar-refractivity contribution < 1.29 is 18.4 Å². The van der Waals surface area contributed by atoms with E-state index in [9.17, 15) is 18.4 Å². The molecule has 1 heterocycles. The SMILES string of the molecule is O=C(CN1CCN(C(=O)C=Cc2ccc(F)cc2)CC1)Nc1cccc(F)c1. The highest BCUT2D eigenvalue weighted by molar-refractivity contribution is 5.93. The van der Waals surface area contributed by atoms with E-state index in [1.165, 1.54) is 36.4 Å². The van der Waals surface area contributed by atoms with Gasteiger partial charge in [0.2, 0.25) is 11.8 Å². The summed E-state index contributed by atoms with van der Waals surface area (Å²) in [6.45, 7) is 2.36. The Bertz CT molecular complexity index is 860. The monoisotopic (exact) mass is 385 g/mol. The van der Waals surface area contributed by atoms with Crippen LogP contribution in [-0.2, 0) is 9.59 Å². The maximum atomic E-state index is 13.2. The minimum absolute atomic E-state index is 0.117. The second-order valence-corrected chi connectivity index (χ2v) is 6.54. The van der Waals surface area contributed by atoms with Crippen molar-refractivity contribution >= 4 is 23.6 Å². The molecule has 3 rings (SSSR count). The van der Waals surface area contributed by atoms with E-state index in [0.29, 0.717) is 31.9 Å². The number of carbonyl (C=O) groups excluding carboxylic acids is 2. The van der Waals surface area contributed by atoms with Crippen LogP contribution in [0.1, 0.15) is 5.56 Å². The van der Waals surface area contributed by atoms with Gasteiger partial charge < -0.3 is 10.2 Å². The highest BCUT2D eigenvalue weighted by atomic mass is 19.1. The van der Waals surface area contributed by atoms with E-state index in [4.69, 9.17) is 0 Å². The average molecular weight is 385 g/mol. The van der Waals surface area contributed by atoms with Crippen molar-refractivity contribution in [3.63, 3.8) is 0 Å². The normalized spacial score (nSPS) is 15.0. The molecule has 0 aliphatic carbocycles. The van der Waals surface area contributed by atoms with Gasteiger partial charge in [-0.25, -0.2) is 8.78 Å². The summed E-state index contributed by atoms with van der Waals surface area (Å²) in [6.07, 6.45) is 3.13. The minimum atomic E-state index is -0.404. The fourth-order valence-corrected chi connectivity index (χ4v) is 2.94. The molecule has 0 saturated carbocycles. The third-order valence-electron chi connectivity index (χ3n) is 4.45. The van der Waals surface area contributed by atoms with Crippen LogP contribution in [0.4, 0.5) is 14.5 Å². The molecule has 1 aliphatic rings. The first kappa shape index (κ1) is 19.7. The smallest absolute Gasteiger partial charge is 0.246 e. The topological polar surface area (TPSA) is 52.7 Å². The number of piperazine rings is 1. The zero-order valence-electron chi connectivity index (χ0n) is 15.3. The number of amides is 2. The molecule has 2 aromatic rings. The lowest BCUT2D eigenvalue weighted by Crippen LogP contribution is -2.50. The molecule has 2 aromatic carbocycles. The fourth-order valence-electron chi connectivity index (χ4n) is 2.94. The van der Waals surface area contributed by atoms with E-state index in [1.54, 1.807) is 29.2 Å². The summed E-state index contributed by atoms with van der Waals surface area (Å²) in [7, 11) is 0. The Labute approximate surface area is 162 Å². The predicted octanol–water partition coefficient (Wildman–Crippen LogP) is 2.76. The molecular weight excluding hydrogens is 364 g/mol. The molecule has 2 amide bonds. The van der Waals surface area contributed by atoms with Crippen molar-refractivity contribution in [1.82, 2.24) is 9.80 Å². The Hall–Kier alpha value is -3.06. The molecule has 0 bridgehead atoms. The summed E-state index contributed by atoms with van der Waals surface area (Å²) < 4.78 is 26.1. The Morgan fingerprint density at radius 1 is 0.964 bits per heavy atom. The molecule has 7 heteroatoms. The van der Waals surface area contributed by atoms with Gasteiger partial charge in [-0.15, -0.1) is 0 Å². The van der Waals surface area contributed by atoms with E-state index in [1.807, 2.05) is 4.90 Å². The Kier molecular flexibility index (Phi) is 6.49. The van der Waals surface area contributed by atoms with Gasteiger partial charge in [-0.2, -0.15) is 0 Å². The van der Waals surface area contributed by atoms with Crippen LogP contribution in [0.25, 0.3) is 6.08 Å². The summed E-state index contributed by atoms with van der Waals surface area (Å²) in [6, 6.07) is 11.6. The number of nitrogens with one attached hydrogen (secondary N) is 1. The molecule has 0 aromatic heterocycles. The highest BCUT2D eigenvalue weighted by Gasteiger charge is 2.21. The molecule has 0 atom stereocenters. The van der Waals surface area contributed by atoms with Gasteiger partial charge in [0, 0.05) is 37.9 Å². The zero-order valence-corrected chi connectivity index (χ0v) is 15.3. The van der Waals surface area contributed by atoms with Crippen LogP contribution in [0.3, 0.4) is 0 Å². The van der Waals surface area contributed by atoms with Crippen LogP contribution >= 0.6 is 0 Å². The predicted molar refractivity (Wildman–Crippen MR) is 103 cm³/mol. The van der Waals surface area contributed by atoms with Crippen LogP contribution in [0.2, 0.25) is 0 Å². The van der Waals surface area contributed by atoms with Crippen molar-refractivity contribution in [2.45, 2.75) is 0 Å². The number of rotatable bonds is 5. The van der Waals surface area contributed by atoms with Crippen LogP contribution in [-0.4, -0.2) is 54.3 Å². The van der Waals surface area contributed by atoms with Gasteiger partial charge in [-0.3, -0.25) is 14.5 Å². The Morgan fingerprint density at radius 2 is 1.68 bits per heavy atom. The van der Waals surface area contributed by atoms with Gasteiger partial charge in [0.15, 0.2) is 0 Å². The van der Waals surface area contributed by atoms with Crippen molar-refractivity contribution in [2.24, 2.45) is 0 Å². The van der Waals surface area contributed by atoms with Gasteiger partial charge in [-0.05, 0) is 42.0 Å². The second kappa shape index (κ2) is 9.23. The van der Waals surface area contributed by atoms with E-state index < -0.39 is 5.82 Å². The Balaban J connectivity index is 1.44. The van der Waals surface area contributed by atoms with Crippen LogP contribution in [0.15, 0.2) is 54.6 Å². The first-order chi connectivity index (χ1) is 13.5. The number of halogens is 2. The standard InChI is InChI=1S/C21H21F2N3O2/c22-17-7-4-16(5-8-17)6-9-21(28)26-12-10-25(11-13-26)15-20(27)24-19-3-1-2-18(23)14-19/h1-9,14H,10-13,15H2,(H,24,27). The van der Waals surface area contributed by atoms with Crippen molar-refractivity contribution in [1.29, 1.82) is 0 Å². The lowest BCUT2D eigenvalue weighted by atomic mass is 10.2. The summed E-state index contributed by atoms with van der Waals surface area (Å²) in [5.41, 5.74) is 1.17. The van der Waals surface area contributed by atoms with E-state index >= 15 is 0 Å². The van der Waals surface area contributed by atoms with Gasteiger partial charge >= 0.3 is 0 Å². The molecule has 1 saturated heterocycles. The van der Waals surface area contributed by atoms with Gasteiger partial charge in [-0.1, -0.05) is 18.2 Å². The zero-order chi connectivity index (χ0) is 19.9. The largest absolute Gasteiger partial charge is 0.337 e. The third-order valence-corrected chi connectivity index (χ3v) is 4.45. The average Bonchev–Trinajstić information content (AvgIpc) is 2.68. The van der Waals surface area contributed by atoms with Crippen molar-refractivity contribution in [3.8, 4) is 0 Å². The van der Waals surface area contributed by atoms with E-state index in [-0.39, 0.29) is 24.2 Å². The van der Waals surface area contributed by atoms with Gasteiger partial charge in [0.1, 0.15) is 11.6 Å². The fraction of sp³-hybridized carbons (Fsp3) is 0.238. The maximum absolute atomic E-state index is 13.2. The quantitative estimate of drug-likeness (QED) is 0.806. The van der Waals surface area contributed by atoms with Crippen LogP contribution in [0, 0.1) is 11.6 Å². The number of benzene rings is 2. The second-order valence-electron chi connectivity index (χ2n) is 6.54. The van der Waals surface area contributed by atoms with E-state index in [2.05, 4.69) is 5.32 Å². The number of hydrogen-bond donors (Lipinski definition) is 1. The van der Waals surface area contributed by atoms with Crippen molar-refractivity contribution in [3.05, 3.63) is 71.8 Å². The van der Waals surface area contributed by atoms with Gasteiger partial charge in [0.05, 0.1) is 6.54 Å². The molecular formula is C21H21F2N3O2. The number of hydrogen-bond acceptors (Lipinski definition) is 3. The first-order valence-corrected chi connectivity index (χ1v) is 9.00. The maximum Gasteiger partial charge on any atom is 0.246 e. The van der Waals surface area contributed by atoms with Gasteiger partial charge in [0.25, 0.3) is 0 Å². The highest BCUT2D eigenvalue weighted by Crippen LogP contribution is 2.10. The lowest BCUT2D eigenvalue weighted by Gasteiger charge is -2.33. The molecule has 28 heavy (non-hydrogen) atoms. The molecule has 1 N–H and O–H groups in total.